The monoisotopic (exact) mass is 654 g/mol. The standard InChI is InChI=1S/C24H17ClI2N2O2/c1-15-3-2-4-20(9-15)29-24(30)18(13-28)10-17-11-21(26)23(22(27)12-17)31-14-16-5-7-19(25)8-6-16/h2-12H,14H2,1H3,(H,29,30). The fraction of sp³-hybridized carbons (Fsp3) is 0.0833. The minimum atomic E-state index is -0.443. The third kappa shape index (κ3) is 6.69. The van der Waals surface area contributed by atoms with Crippen LogP contribution in [-0.2, 0) is 11.4 Å². The van der Waals surface area contributed by atoms with Crippen LogP contribution in [0.1, 0.15) is 16.7 Å². The molecule has 0 bridgehead atoms. The van der Waals surface area contributed by atoms with Crippen molar-refractivity contribution in [2.45, 2.75) is 13.5 Å². The number of nitrogens with one attached hydrogen (secondary N) is 1. The number of nitriles is 1. The number of rotatable bonds is 6. The predicted molar refractivity (Wildman–Crippen MR) is 141 cm³/mol. The highest BCUT2D eigenvalue weighted by molar-refractivity contribution is 14.1. The van der Waals surface area contributed by atoms with E-state index in [-0.39, 0.29) is 5.57 Å². The minimum Gasteiger partial charge on any atom is -0.487 e. The number of hydrogen-bond donors (Lipinski definition) is 1. The molecule has 0 spiro atoms. The van der Waals surface area contributed by atoms with E-state index >= 15 is 0 Å². The summed E-state index contributed by atoms with van der Waals surface area (Å²) in [6.07, 6.45) is 1.58. The molecule has 0 unspecified atom stereocenters. The highest BCUT2D eigenvalue weighted by Gasteiger charge is 2.13. The van der Waals surface area contributed by atoms with Crippen LogP contribution in [0.4, 0.5) is 5.69 Å². The first-order valence-electron chi connectivity index (χ1n) is 9.22. The van der Waals surface area contributed by atoms with E-state index in [1.165, 1.54) is 0 Å². The van der Waals surface area contributed by atoms with Crippen LogP contribution in [0.2, 0.25) is 5.02 Å². The molecule has 1 amide bonds. The summed E-state index contributed by atoms with van der Waals surface area (Å²) in [7, 11) is 0. The van der Waals surface area contributed by atoms with Gasteiger partial charge in [0.05, 0.1) is 7.14 Å². The Kier molecular flexibility index (Phi) is 8.35. The second kappa shape index (κ2) is 11.0. The Morgan fingerprint density at radius 1 is 1.13 bits per heavy atom. The largest absolute Gasteiger partial charge is 0.487 e. The molecule has 3 rings (SSSR count). The molecular weight excluding hydrogens is 638 g/mol. The number of benzene rings is 3. The summed E-state index contributed by atoms with van der Waals surface area (Å²) in [6.45, 7) is 2.36. The topological polar surface area (TPSA) is 62.1 Å². The maximum absolute atomic E-state index is 12.5. The van der Waals surface area contributed by atoms with E-state index in [9.17, 15) is 10.1 Å². The van der Waals surface area contributed by atoms with Gasteiger partial charge in [-0.3, -0.25) is 4.79 Å². The molecule has 0 atom stereocenters. The van der Waals surface area contributed by atoms with Gasteiger partial charge in [-0.05, 0) is 111 Å². The molecule has 1 N–H and O–H groups in total. The highest BCUT2D eigenvalue weighted by Crippen LogP contribution is 2.30. The summed E-state index contributed by atoms with van der Waals surface area (Å²) < 4.78 is 7.77. The fourth-order valence-corrected chi connectivity index (χ4v) is 5.03. The molecule has 4 nitrogen and oxygen atoms in total. The van der Waals surface area contributed by atoms with Crippen molar-refractivity contribution in [1.82, 2.24) is 0 Å². The smallest absolute Gasteiger partial charge is 0.266 e. The van der Waals surface area contributed by atoms with Gasteiger partial charge in [0.1, 0.15) is 24.0 Å². The Morgan fingerprint density at radius 2 is 1.81 bits per heavy atom. The zero-order valence-corrected chi connectivity index (χ0v) is 21.5. The van der Waals surface area contributed by atoms with Gasteiger partial charge in [-0.2, -0.15) is 5.26 Å². The summed E-state index contributed by atoms with van der Waals surface area (Å²) >= 11 is 10.3. The van der Waals surface area contributed by atoms with E-state index in [4.69, 9.17) is 16.3 Å². The van der Waals surface area contributed by atoms with Crippen LogP contribution in [0.3, 0.4) is 0 Å². The lowest BCUT2D eigenvalue weighted by Gasteiger charge is -2.12. The van der Waals surface area contributed by atoms with Gasteiger partial charge in [0, 0.05) is 10.7 Å². The van der Waals surface area contributed by atoms with Gasteiger partial charge < -0.3 is 10.1 Å². The van der Waals surface area contributed by atoms with Gasteiger partial charge in [-0.25, -0.2) is 0 Å². The van der Waals surface area contributed by atoms with E-state index in [0.717, 1.165) is 29.6 Å². The number of amides is 1. The first-order chi connectivity index (χ1) is 14.9. The summed E-state index contributed by atoms with van der Waals surface area (Å²) in [6, 6.07) is 20.7. The maximum atomic E-state index is 12.5. The number of anilines is 1. The van der Waals surface area contributed by atoms with Gasteiger partial charge in [-0.1, -0.05) is 35.9 Å². The average Bonchev–Trinajstić information content (AvgIpc) is 2.72. The molecule has 156 valence electrons. The number of carbonyl (C=O) groups is 1. The molecule has 3 aromatic carbocycles. The van der Waals surface area contributed by atoms with Crippen molar-refractivity contribution in [3.05, 3.63) is 95.1 Å². The third-order valence-electron chi connectivity index (χ3n) is 4.27. The SMILES string of the molecule is Cc1cccc(NC(=O)C(C#N)=Cc2cc(I)c(OCc3ccc(Cl)cc3)c(I)c2)c1. The van der Waals surface area contributed by atoms with E-state index < -0.39 is 5.91 Å². The quantitative estimate of drug-likeness (QED) is 0.177. The summed E-state index contributed by atoms with van der Waals surface area (Å²) in [5.41, 5.74) is 3.48. The molecule has 0 aliphatic carbocycles. The Balaban J connectivity index is 1.76. The summed E-state index contributed by atoms with van der Waals surface area (Å²) in [5, 5.41) is 12.9. The molecular formula is C24H17ClI2N2O2. The lowest BCUT2D eigenvalue weighted by atomic mass is 10.1. The molecule has 0 aliphatic heterocycles. The molecule has 0 aliphatic rings. The number of carbonyl (C=O) groups excluding carboxylic acids is 1. The summed E-state index contributed by atoms with van der Waals surface area (Å²) in [5.74, 6) is 0.317. The molecule has 7 heteroatoms. The first kappa shape index (κ1) is 23.6. The number of aryl methyl sites for hydroxylation is 1. The molecule has 0 radical (unpaired) electrons. The van der Waals surface area contributed by atoms with Crippen molar-refractivity contribution in [3.8, 4) is 11.8 Å². The molecule has 3 aromatic rings. The van der Waals surface area contributed by atoms with Crippen LogP contribution in [0.5, 0.6) is 5.75 Å². The summed E-state index contributed by atoms with van der Waals surface area (Å²) in [4.78, 5) is 12.5. The molecule has 0 aromatic heterocycles. The molecule has 0 fully saturated rings. The van der Waals surface area contributed by atoms with E-state index in [1.807, 2.05) is 67.6 Å². The van der Waals surface area contributed by atoms with Gasteiger partial charge in [0.2, 0.25) is 0 Å². The number of nitrogens with zero attached hydrogens (tertiary/aromatic N) is 1. The number of ether oxygens (including phenoxy) is 1. The Morgan fingerprint density at radius 3 is 2.42 bits per heavy atom. The molecule has 0 saturated heterocycles. The van der Waals surface area contributed by atoms with Crippen LogP contribution in [-0.4, -0.2) is 5.91 Å². The van der Waals surface area contributed by atoms with Crippen molar-refractivity contribution in [2.75, 3.05) is 5.32 Å². The van der Waals surface area contributed by atoms with Crippen molar-refractivity contribution in [1.29, 1.82) is 5.26 Å². The number of hydrogen-bond acceptors (Lipinski definition) is 3. The van der Waals surface area contributed by atoms with Crippen LogP contribution in [0, 0.1) is 25.4 Å². The van der Waals surface area contributed by atoms with E-state index in [1.54, 1.807) is 12.1 Å². The van der Waals surface area contributed by atoms with Crippen LogP contribution in [0.25, 0.3) is 6.08 Å². The second-order valence-corrected chi connectivity index (χ2v) is 9.48. The van der Waals surface area contributed by atoms with E-state index in [0.29, 0.717) is 17.3 Å². The second-order valence-electron chi connectivity index (χ2n) is 6.72. The van der Waals surface area contributed by atoms with Gasteiger partial charge >= 0.3 is 0 Å². The number of halogens is 3. The van der Waals surface area contributed by atoms with Crippen LogP contribution >= 0.6 is 56.8 Å². The zero-order valence-electron chi connectivity index (χ0n) is 16.5. The molecule has 0 heterocycles. The van der Waals surface area contributed by atoms with Gasteiger partial charge in [-0.15, -0.1) is 0 Å². The van der Waals surface area contributed by atoms with Crippen molar-refractivity contribution in [2.24, 2.45) is 0 Å². The maximum Gasteiger partial charge on any atom is 0.266 e. The van der Waals surface area contributed by atoms with Crippen molar-refractivity contribution in [3.63, 3.8) is 0 Å². The normalized spacial score (nSPS) is 11.0. The average molecular weight is 655 g/mol. The Hall–Kier alpha value is -2.09. The van der Waals surface area contributed by atoms with Crippen molar-refractivity contribution < 1.29 is 9.53 Å². The molecule has 31 heavy (non-hydrogen) atoms. The zero-order chi connectivity index (χ0) is 22.4. The predicted octanol–water partition coefficient (Wildman–Crippen LogP) is 6.98. The Bertz CT molecular complexity index is 1160. The van der Waals surface area contributed by atoms with Gasteiger partial charge in [0.25, 0.3) is 5.91 Å². The van der Waals surface area contributed by atoms with Gasteiger partial charge in [0.15, 0.2) is 0 Å². The van der Waals surface area contributed by atoms with Crippen molar-refractivity contribution >= 4 is 74.5 Å². The van der Waals surface area contributed by atoms with Crippen LogP contribution in [0.15, 0.2) is 66.2 Å². The highest BCUT2D eigenvalue weighted by atomic mass is 127. The van der Waals surface area contributed by atoms with E-state index in [2.05, 4.69) is 50.5 Å². The first-order valence-corrected chi connectivity index (χ1v) is 11.8. The van der Waals surface area contributed by atoms with Crippen LogP contribution < -0.4 is 10.1 Å². The molecule has 0 saturated carbocycles. The lowest BCUT2D eigenvalue weighted by Crippen LogP contribution is -2.13. The lowest BCUT2D eigenvalue weighted by molar-refractivity contribution is -0.112. The minimum absolute atomic E-state index is 0.0305. The third-order valence-corrected chi connectivity index (χ3v) is 6.12. The Labute approximate surface area is 213 Å². The fourth-order valence-electron chi connectivity index (χ4n) is 2.77.